The van der Waals surface area contributed by atoms with Gasteiger partial charge in [-0.05, 0) is 37.5 Å². The van der Waals surface area contributed by atoms with Gasteiger partial charge in [0.1, 0.15) is 6.10 Å². The smallest absolute Gasteiger partial charge is 0.216 e. The first kappa shape index (κ1) is 13.2. The van der Waals surface area contributed by atoms with Crippen LogP contribution in [0.2, 0.25) is 0 Å². The third-order valence-electron chi connectivity index (χ3n) is 3.29. The average Bonchev–Trinajstić information content (AvgIpc) is 3.08. The zero-order chi connectivity index (χ0) is 13.9. The summed E-state index contributed by atoms with van der Waals surface area (Å²) in [6.45, 7) is 2.83. The molecule has 1 aliphatic heterocycles. The van der Waals surface area contributed by atoms with E-state index in [1.807, 2.05) is 12.1 Å². The molecule has 2 aromatic rings. The second kappa shape index (κ2) is 5.68. The molecule has 1 aromatic carbocycles. The van der Waals surface area contributed by atoms with Gasteiger partial charge in [-0.25, -0.2) is 0 Å². The van der Waals surface area contributed by atoms with E-state index < -0.39 is 0 Å². The molecular formula is C14H16N4OS. The second-order valence-corrected chi connectivity index (χ2v) is 5.24. The highest BCUT2D eigenvalue weighted by Gasteiger charge is 2.23. The molecule has 2 heterocycles. The number of aromatic nitrogens is 3. The summed E-state index contributed by atoms with van der Waals surface area (Å²) in [5.74, 6) is 0.746. The van der Waals surface area contributed by atoms with Gasteiger partial charge in [0.05, 0.1) is 6.21 Å². The molecule has 0 aliphatic carbocycles. The highest BCUT2D eigenvalue weighted by Crippen LogP contribution is 2.26. The lowest BCUT2D eigenvalue weighted by Crippen LogP contribution is -2.05. The van der Waals surface area contributed by atoms with Crippen LogP contribution in [-0.2, 0) is 4.74 Å². The van der Waals surface area contributed by atoms with Crippen LogP contribution in [0.15, 0.2) is 29.4 Å². The van der Waals surface area contributed by atoms with E-state index in [1.165, 1.54) is 5.56 Å². The molecule has 0 unspecified atom stereocenters. The van der Waals surface area contributed by atoms with Crippen molar-refractivity contribution in [3.05, 3.63) is 46.0 Å². The Balaban J connectivity index is 1.88. The molecule has 3 rings (SSSR count). The molecule has 1 atom stereocenters. The molecule has 0 bridgehead atoms. The van der Waals surface area contributed by atoms with Gasteiger partial charge < -0.3 is 4.74 Å². The molecule has 1 aliphatic rings. The van der Waals surface area contributed by atoms with Crippen LogP contribution in [0.1, 0.15) is 35.9 Å². The van der Waals surface area contributed by atoms with Crippen LogP contribution < -0.4 is 0 Å². The molecule has 0 amide bonds. The minimum Gasteiger partial charge on any atom is -0.370 e. The molecule has 0 saturated carbocycles. The topological polar surface area (TPSA) is 55.2 Å². The third kappa shape index (κ3) is 2.71. The molecular weight excluding hydrogens is 272 g/mol. The monoisotopic (exact) mass is 288 g/mol. The summed E-state index contributed by atoms with van der Waals surface area (Å²) in [7, 11) is 0. The summed E-state index contributed by atoms with van der Waals surface area (Å²) in [4.78, 5) is 0. The summed E-state index contributed by atoms with van der Waals surface area (Å²) >= 11 is 5.22. The molecule has 1 N–H and O–H groups in total. The van der Waals surface area contributed by atoms with Crippen molar-refractivity contribution in [2.75, 3.05) is 6.61 Å². The first-order chi connectivity index (χ1) is 9.74. The number of rotatable bonds is 3. The summed E-state index contributed by atoms with van der Waals surface area (Å²) in [5, 5.41) is 11.4. The van der Waals surface area contributed by atoms with Crippen molar-refractivity contribution in [3.8, 4) is 0 Å². The fraction of sp³-hybridized carbons (Fsp3) is 0.357. The van der Waals surface area contributed by atoms with Crippen molar-refractivity contribution >= 4 is 18.4 Å². The predicted octanol–water partition coefficient (Wildman–Crippen LogP) is 2.98. The SMILES string of the molecule is Cc1ccc(/C=N\n2c([C@@H]3CCCO3)n[nH]c2=S)cc1. The maximum Gasteiger partial charge on any atom is 0.216 e. The predicted molar refractivity (Wildman–Crippen MR) is 79.5 cm³/mol. The normalized spacial score (nSPS) is 18.9. The van der Waals surface area contributed by atoms with Crippen molar-refractivity contribution in [2.24, 2.45) is 5.10 Å². The highest BCUT2D eigenvalue weighted by molar-refractivity contribution is 7.71. The van der Waals surface area contributed by atoms with Gasteiger partial charge in [-0.1, -0.05) is 29.8 Å². The lowest BCUT2D eigenvalue weighted by atomic mass is 10.2. The van der Waals surface area contributed by atoms with Gasteiger partial charge in [0.2, 0.25) is 4.77 Å². The largest absolute Gasteiger partial charge is 0.370 e. The van der Waals surface area contributed by atoms with E-state index in [0.717, 1.165) is 30.8 Å². The second-order valence-electron chi connectivity index (χ2n) is 4.86. The van der Waals surface area contributed by atoms with Crippen molar-refractivity contribution in [3.63, 3.8) is 0 Å². The van der Waals surface area contributed by atoms with Crippen molar-refractivity contribution in [1.29, 1.82) is 0 Å². The Morgan fingerprint density at radius 3 is 2.95 bits per heavy atom. The highest BCUT2D eigenvalue weighted by atomic mass is 32.1. The summed E-state index contributed by atoms with van der Waals surface area (Å²) in [5.41, 5.74) is 2.25. The molecule has 6 heteroatoms. The van der Waals surface area contributed by atoms with Crippen molar-refractivity contribution in [1.82, 2.24) is 14.9 Å². The third-order valence-corrected chi connectivity index (χ3v) is 3.56. The zero-order valence-electron chi connectivity index (χ0n) is 11.2. The number of aryl methyl sites for hydroxylation is 1. The van der Waals surface area contributed by atoms with Crippen LogP contribution >= 0.6 is 12.2 Å². The molecule has 1 aromatic heterocycles. The van der Waals surface area contributed by atoms with Crippen LogP contribution in [0.5, 0.6) is 0 Å². The molecule has 20 heavy (non-hydrogen) atoms. The van der Waals surface area contributed by atoms with Crippen LogP contribution in [-0.4, -0.2) is 27.7 Å². The van der Waals surface area contributed by atoms with E-state index in [0.29, 0.717) is 4.77 Å². The Morgan fingerprint density at radius 1 is 1.45 bits per heavy atom. The minimum atomic E-state index is -0.0156. The molecule has 1 saturated heterocycles. The van der Waals surface area contributed by atoms with Gasteiger partial charge in [0.25, 0.3) is 0 Å². The standard InChI is InChI=1S/C14H16N4OS/c1-10-4-6-11(7-5-10)9-15-18-13(16-17-14(18)20)12-3-2-8-19-12/h4-7,9,12H,2-3,8H2,1H3,(H,17,20)/b15-9-/t12-/m0/s1. The van der Waals surface area contributed by atoms with E-state index in [4.69, 9.17) is 17.0 Å². The molecule has 5 nitrogen and oxygen atoms in total. The first-order valence-electron chi connectivity index (χ1n) is 6.64. The van der Waals surface area contributed by atoms with Gasteiger partial charge in [-0.15, -0.1) is 0 Å². The maximum absolute atomic E-state index is 5.64. The molecule has 0 radical (unpaired) electrons. The number of benzene rings is 1. The number of H-pyrrole nitrogens is 1. The van der Waals surface area contributed by atoms with E-state index in [1.54, 1.807) is 10.9 Å². The van der Waals surface area contributed by atoms with E-state index >= 15 is 0 Å². The van der Waals surface area contributed by atoms with Crippen LogP contribution in [0.3, 0.4) is 0 Å². The van der Waals surface area contributed by atoms with Gasteiger partial charge >= 0.3 is 0 Å². The quantitative estimate of drug-likeness (QED) is 0.698. The molecule has 0 spiro atoms. The number of hydrogen-bond donors (Lipinski definition) is 1. The molecule has 104 valence electrons. The van der Waals surface area contributed by atoms with Crippen molar-refractivity contribution in [2.45, 2.75) is 25.9 Å². The summed E-state index contributed by atoms with van der Waals surface area (Å²) < 4.78 is 7.77. The summed E-state index contributed by atoms with van der Waals surface area (Å²) in [6.07, 6.45) is 3.77. The maximum atomic E-state index is 5.64. The van der Waals surface area contributed by atoms with Gasteiger partial charge in [-0.2, -0.15) is 14.9 Å². The Morgan fingerprint density at radius 2 is 2.25 bits per heavy atom. The number of ether oxygens (including phenoxy) is 1. The Labute approximate surface area is 122 Å². The lowest BCUT2D eigenvalue weighted by Gasteiger charge is -2.07. The van der Waals surface area contributed by atoms with Crippen LogP contribution in [0.4, 0.5) is 0 Å². The van der Waals surface area contributed by atoms with Crippen molar-refractivity contribution < 1.29 is 4.74 Å². The van der Waals surface area contributed by atoms with Crippen LogP contribution in [0, 0.1) is 11.7 Å². The fourth-order valence-electron chi connectivity index (χ4n) is 2.18. The lowest BCUT2D eigenvalue weighted by molar-refractivity contribution is 0.102. The number of hydrogen-bond acceptors (Lipinski definition) is 4. The van der Waals surface area contributed by atoms with Crippen LogP contribution in [0.25, 0.3) is 0 Å². The Kier molecular flexibility index (Phi) is 3.75. The van der Waals surface area contributed by atoms with Gasteiger partial charge in [0, 0.05) is 6.61 Å². The van der Waals surface area contributed by atoms with E-state index in [-0.39, 0.29) is 6.10 Å². The minimum absolute atomic E-state index is 0.0156. The Hall–Kier alpha value is -1.79. The first-order valence-corrected chi connectivity index (χ1v) is 7.05. The fourth-order valence-corrected chi connectivity index (χ4v) is 2.37. The summed E-state index contributed by atoms with van der Waals surface area (Å²) in [6, 6.07) is 8.15. The van der Waals surface area contributed by atoms with E-state index in [2.05, 4.69) is 34.4 Å². The van der Waals surface area contributed by atoms with Gasteiger partial charge in [-0.3, -0.25) is 5.10 Å². The zero-order valence-corrected chi connectivity index (χ0v) is 12.1. The number of aromatic amines is 1. The number of nitrogens with zero attached hydrogens (tertiary/aromatic N) is 3. The average molecular weight is 288 g/mol. The Bertz CT molecular complexity index is 665. The number of nitrogens with one attached hydrogen (secondary N) is 1. The van der Waals surface area contributed by atoms with E-state index in [9.17, 15) is 0 Å². The van der Waals surface area contributed by atoms with Gasteiger partial charge in [0.15, 0.2) is 5.82 Å². The molecule has 1 fully saturated rings.